The highest BCUT2D eigenvalue weighted by molar-refractivity contribution is 5.84. The molecule has 2 rings (SSSR count). The second kappa shape index (κ2) is 4.10. The molecule has 0 spiro atoms. The number of pyridine rings is 1. The van der Waals surface area contributed by atoms with E-state index in [0.717, 1.165) is 27.9 Å². The van der Waals surface area contributed by atoms with Crippen LogP contribution in [-0.4, -0.2) is 12.1 Å². The lowest BCUT2D eigenvalue weighted by molar-refractivity contribution is 0.415. The van der Waals surface area contributed by atoms with Crippen LogP contribution in [0.25, 0.3) is 10.9 Å². The van der Waals surface area contributed by atoms with Gasteiger partial charge in [0.2, 0.25) is 0 Å². The first-order valence-corrected chi connectivity index (χ1v) is 5.32. The Bertz CT molecular complexity index is 521. The van der Waals surface area contributed by atoms with Crippen molar-refractivity contribution in [2.75, 3.05) is 7.11 Å². The van der Waals surface area contributed by atoms with Gasteiger partial charge in [-0.15, -0.1) is 0 Å². The molecule has 1 atom stereocenters. The van der Waals surface area contributed by atoms with Gasteiger partial charge in [0.25, 0.3) is 0 Å². The zero-order valence-electron chi connectivity index (χ0n) is 9.82. The topological polar surface area (TPSA) is 48.1 Å². The van der Waals surface area contributed by atoms with Crippen LogP contribution in [0.2, 0.25) is 0 Å². The number of aryl methyl sites for hydroxylation is 1. The summed E-state index contributed by atoms with van der Waals surface area (Å²) in [5, 5.41) is 1.10. The molecule has 3 nitrogen and oxygen atoms in total. The molecule has 1 heterocycles. The number of ether oxygens (including phenoxy) is 1. The van der Waals surface area contributed by atoms with Crippen LogP contribution in [0.1, 0.15) is 24.2 Å². The van der Waals surface area contributed by atoms with Gasteiger partial charge in [-0.1, -0.05) is 0 Å². The Morgan fingerprint density at radius 3 is 2.69 bits per heavy atom. The van der Waals surface area contributed by atoms with Gasteiger partial charge in [0.05, 0.1) is 12.6 Å². The first-order chi connectivity index (χ1) is 7.61. The molecule has 2 aromatic rings. The Labute approximate surface area is 95.2 Å². The van der Waals surface area contributed by atoms with Crippen LogP contribution in [-0.2, 0) is 0 Å². The molecule has 1 aromatic carbocycles. The van der Waals surface area contributed by atoms with Gasteiger partial charge in [0.1, 0.15) is 5.75 Å². The van der Waals surface area contributed by atoms with E-state index in [1.165, 1.54) is 0 Å². The molecule has 0 saturated heterocycles. The smallest absolute Gasteiger partial charge is 0.121 e. The van der Waals surface area contributed by atoms with Gasteiger partial charge < -0.3 is 10.5 Å². The van der Waals surface area contributed by atoms with Crippen LogP contribution in [0, 0.1) is 6.92 Å². The van der Waals surface area contributed by atoms with E-state index in [1.54, 1.807) is 7.11 Å². The Kier molecular flexibility index (Phi) is 2.79. The van der Waals surface area contributed by atoms with Crippen LogP contribution in [0.15, 0.2) is 24.3 Å². The molecule has 0 amide bonds. The first kappa shape index (κ1) is 10.9. The summed E-state index contributed by atoms with van der Waals surface area (Å²) in [6.45, 7) is 3.96. The summed E-state index contributed by atoms with van der Waals surface area (Å²) < 4.78 is 5.19. The zero-order chi connectivity index (χ0) is 11.7. The first-order valence-electron chi connectivity index (χ1n) is 5.32. The maximum atomic E-state index is 5.96. The van der Waals surface area contributed by atoms with E-state index in [9.17, 15) is 0 Å². The highest BCUT2D eigenvalue weighted by atomic mass is 16.5. The zero-order valence-corrected chi connectivity index (χ0v) is 9.82. The van der Waals surface area contributed by atoms with Crippen molar-refractivity contribution in [3.63, 3.8) is 0 Å². The summed E-state index contributed by atoms with van der Waals surface area (Å²) in [6, 6.07) is 7.94. The van der Waals surface area contributed by atoms with Gasteiger partial charge in [-0.2, -0.15) is 0 Å². The maximum absolute atomic E-state index is 5.96. The Balaban J connectivity index is 2.73. The number of benzene rings is 1. The Morgan fingerprint density at radius 1 is 1.31 bits per heavy atom. The number of fused-ring (bicyclic) bond motifs is 1. The third-order valence-corrected chi connectivity index (χ3v) is 2.67. The van der Waals surface area contributed by atoms with Crippen molar-refractivity contribution in [1.82, 2.24) is 4.98 Å². The average Bonchev–Trinajstić information content (AvgIpc) is 2.26. The van der Waals surface area contributed by atoms with Gasteiger partial charge in [0.15, 0.2) is 0 Å². The van der Waals surface area contributed by atoms with Gasteiger partial charge in [-0.05, 0) is 37.6 Å². The van der Waals surface area contributed by atoms with E-state index in [-0.39, 0.29) is 6.04 Å². The standard InChI is InChI=1S/C13H16N2O/c1-8-6-12(9(2)14)11-5-4-10(16-3)7-13(11)15-8/h4-7,9H,14H2,1-3H3. The normalized spacial score (nSPS) is 12.8. The molecule has 0 aliphatic carbocycles. The Morgan fingerprint density at radius 2 is 2.06 bits per heavy atom. The molecule has 3 heteroatoms. The number of aromatic nitrogens is 1. The molecule has 0 bridgehead atoms. The summed E-state index contributed by atoms with van der Waals surface area (Å²) in [4.78, 5) is 4.49. The third-order valence-electron chi connectivity index (χ3n) is 2.67. The van der Waals surface area contributed by atoms with Crippen LogP contribution in [0.4, 0.5) is 0 Å². The monoisotopic (exact) mass is 216 g/mol. The number of methoxy groups -OCH3 is 1. The minimum absolute atomic E-state index is 0.0117. The van der Waals surface area contributed by atoms with Crippen molar-refractivity contribution in [2.24, 2.45) is 5.73 Å². The van der Waals surface area contributed by atoms with Gasteiger partial charge in [-0.3, -0.25) is 4.98 Å². The number of hydrogen-bond acceptors (Lipinski definition) is 3. The molecule has 16 heavy (non-hydrogen) atoms. The molecule has 0 fully saturated rings. The lowest BCUT2D eigenvalue weighted by atomic mass is 10.0. The molecule has 0 aliphatic rings. The van der Waals surface area contributed by atoms with E-state index in [0.29, 0.717) is 0 Å². The number of rotatable bonds is 2. The largest absolute Gasteiger partial charge is 0.497 e. The van der Waals surface area contributed by atoms with Crippen molar-refractivity contribution in [1.29, 1.82) is 0 Å². The fraction of sp³-hybridized carbons (Fsp3) is 0.308. The summed E-state index contributed by atoms with van der Waals surface area (Å²) in [5.41, 5.74) is 9.01. The molecule has 0 aliphatic heterocycles. The van der Waals surface area contributed by atoms with E-state index < -0.39 is 0 Å². The van der Waals surface area contributed by atoms with Crippen molar-refractivity contribution in [2.45, 2.75) is 19.9 Å². The predicted molar refractivity (Wildman–Crippen MR) is 65.6 cm³/mol. The molecular formula is C13H16N2O. The third kappa shape index (κ3) is 1.86. The summed E-state index contributed by atoms with van der Waals surface area (Å²) in [5.74, 6) is 0.821. The molecule has 2 N–H and O–H groups in total. The second-order valence-electron chi connectivity index (χ2n) is 4.02. The second-order valence-corrected chi connectivity index (χ2v) is 4.02. The highest BCUT2D eigenvalue weighted by Gasteiger charge is 2.08. The SMILES string of the molecule is COc1ccc2c(C(C)N)cc(C)nc2c1. The van der Waals surface area contributed by atoms with E-state index in [4.69, 9.17) is 10.5 Å². The number of hydrogen-bond donors (Lipinski definition) is 1. The van der Waals surface area contributed by atoms with E-state index in [2.05, 4.69) is 4.98 Å². The van der Waals surface area contributed by atoms with Gasteiger partial charge in [-0.25, -0.2) is 0 Å². The molecule has 1 aromatic heterocycles. The minimum Gasteiger partial charge on any atom is -0.497 e. The quantitative estimate of drug-likeness (QED) is 0.839. The maximum Gasteiger partial charge on any atom is 0.121 e. The van der Waals surface area contributed by atoms with Crippen molar-refractivity contribution in [3.8, 4) is 5.75 Å². The lowest BCUT2D eigenvalue weighted by Gasteiger charge is -2.11. The molecule has 84 valence electrons. The summed E-state index contributed by atoms with van der Waals surface area (Å²) in [7, 11) is 1.66. The molecule has 0 radical (unpaired) electrons. The fourth-order valence-electron chi connectivity index (χ4n) is 1.88. The molecular weight excluding hydrogens is 200 g/mol. The fourth-order valence-corrected chi connectivity index (χ4v) is 1.88. The predicted octanol–water partition coefficient (Wildman–Crippen LogP) is 2.57. The van der Waals surface area contributed by atoms with Crippen molar-refractivity contribution < 1.29 is 4.74 Å². The minimum atomic E-state index is 0.0117. The lowest BCUT2D eigenvalue weighted by Crippen LogP contribution is -2.06. The van der Waals surface area contributed by atoms with Crippen LogP contribution < -0.4 is 10.5 Å². The van der Waals surface area contributed by atoms with Gasteiger partial charge in [0, 0.05) is 23.2 Å². The van der Waals surface area contributed by atoms with Crippen molar-refractivity contribution in [3.05, 3.63) is 35.5 Å². The molecule has 0 saturated carbocycles. The highest BCUT2D eigenvalue weighted by Crippen LogP contribution is 2.26. The average molecular weight is 216 g/mol. The van der Waals surface area contributed by atoms with E-state index >= 15 is 0 Å². The number of nitrogens with two attached hydrogens (primary N) is 1. The van der Waals surface area contributed by atoms with Crippen LogP contribution in [0.5, 0.6) is 5.75 Å². The van der Waals surface area contributed by atoms with Crippen LogP contribution >= 0.6 is 0 Å². The van der Waals surface area contributed by atoms with E-state index in [1.807, 2.05) is 38.1 Å². The summed E-state index contributed by atoms with van der Waals surface area (Å²) >= 11 is 0. The van der Waals surface area contributed by atoms with Crippen LogP contribution in [0.3, 0.4) is 0 Å². The molecule has 1 unspecified atom stereocenters. The van der Waals surface area contributed by atoms with Gasteiger partial charge >= 0.3 is 0 Å². The van der Waals surface area contributed by atoms with Crippen molar-refractivity contribution >= 4 is 10.9 Å². The number of nitrogens with zero attached hydrogens (tertiary/aromatic N) is 1. The Hall–Kier alpha value is -1.61. The summed E-state index contributed by atoms with van der Waals surface area (Å²) in [6.07, 6.45) is 0.